The van der Waals surface area contributed by atoms with Gasteiger partial charge < -0.3 is 14.6 Å². The second-order valence-electron chi connectivity index (χ2n) is 7.66. The molecule has 154 valence electrons. The Kier molecular flexibility index (Phi) is 5.61. The fraction of sp³-hybridized carbons (Fsp3) is 0.409. The van der Waals surface area contributed by atoms with Crippen LogP contribution >= 0.6 is 0 Å². The van der Waals surface area contributed by atoms with Crippen LogP contribution in [0.4, 0.5) is 4.79 Å². The molecule has 1 aromatic heterocycles. The third-order valence-electron chi connectivity index (χ3n) is 5.60. The molecule has 1 aliphatic heterocycles. The highest BCUT2D eigenvalue weighted by Crippen LogP contribution is 2.29. The number of nitrogens with one attached hydrogen (secondary N) is 1. The van der Waals surface area contributed by atoms with Crippen LogP contribution in [0, 0.1) is 20.8 Å². The number of carbonyl (C=O) groups is 3. The molecular formula is C22H27N3O4. The molecule has 2 aromatic rings. The lowest BCUT2D eigenvalue weighted by molar-refractivity contribution is -0.130. The van der Waals surface area contributed by atoms with Crippen molar-refractivity contribution >= 4 is 17.7 Å². The Balaban J connectivity index is 1.82. The summed E-state index contributed by atoms with van der Waals surface area (Å²) in [5.74, 6) is -0.689. The quantitative estimate of drug-likeness (QED) is 0.575. The molecule has 29 heavy (non-hydrogen) atoms. The Morgan fingerprint density at radius 2 is 1.79 bits per heavy atom. The zero-order valence-electron chi connectivity index (χ0n) is 17.5. The standard InChI is InChI=1S/C22H27N3O4/c1-14-6-8-17(9-7-14)22(4)20(27)25(21(28)23-22)13-19(26)18-12-15(2)24(16(18)3)10-11-29-5/h6-9,12H,10-11,13H2,1-5H3,(H,23,28). The Hall–Kier alpha value is -2.93. The van der Waals surface area contributed by atoms with Crippen molar-refractivity contribution in [3.63, 3.8) is 0 Å². The molecule has 2 heterocycles. The fourth-order valence-corrected chi connectivity index (χ4v) is 3.76. The molecule has 0 bridgehead atoms. The molecule has 1 saturated heterocycles. The van der Waals surface area contributed by atoms with Gasteiger partial charge in [0.15, 0.2) is 5.78 Å². The second-order valence-corrected chi connectivity index (χ2v) is 7.66. The highest BCUT2D eigenvalue weighted by Gasteiger charge is 2.49. The van der Waals surface area contributed by atoms with E-state index < -0.39 is 17.5 Å². The van der Waals surface area contributed by atoms with Gasteiger partial charge in [0.25, 0.3) is 5.91 Å². The lowest BCUT2D eigenvalue weighted by Gasteiger charge is -2.22. The predicted molar refractivity (Wildman–Crippen MR) is 109 cm³/mol. The van der Waals surface area contributed by atoms with Crippen molar-refractivity contribution in [2.75, 3.05) is 20.3 Å². The van der Waals surface area contributed by atoms with E-state index in [0.717, 1.165) is 21.9 Å². The van der Waals surface area contributed by atoms with E-state index in [1.807, 2.05) is 49.6 Å². The molecule has 1 unspecified atom stereocenters. The highest BCUT2D eigenvalue weighted by atomic mass is 16.5. The minimum absolute atomic E-state index is 0.265. The predicted octanol–water partition coefficient (Wildman–Crippen LogP) is 2.71. The van der Waals surface area contributed by atoms with Crippen LogP contribution in [-0.2, 0) is 21.6 Å². The average molecular weight is 397 g/mol. The summed E-state index contributed by atoms with van der Waals surface area (Å²) in [4.78, 5) is 39.5. The van der Waals surface area contributed by atoms with Gasteiger partial charge in [0.2, 0.25) is 0 Å². The van der Waals surface area contributed by atoms with Gasteiger partial charge in [-0.2, -0.15) is 0 Å². The number of aryl methyl sites for hydroxylation is 2. The second kappa shape index (κ2) is 7.83. The molecule has 0 radical (unpaired) electrons. The van der Waals surface area contributed by atoms with E-state index in [9.17, 15) is 14.4 Å². The van der Waals surface area contributed by atoms with Gasteiger partial charge in [0.05, 0.1) is 13.2 Å². The molecule has 7 heteroatoms. The summed E-state index contributed by atoms with van der Waals surface area (Å²) in [6, 6.07) is 8.67. The lowest BCUT2D eigenvalue weighted by Crippen LogP contribution is -2.41. The number of amides is 3. The van der Waals surface area contributed by atoms with Crippen LogP contribution < -0.4 is 5.32 Å². The maximum atomic E-state index is 13.1. The smallest absolute Gasteiger partial charge is 0.325 e. The first-order valence-electron chi connectivity index (χ1n) is 9.59. The molecule has 1 aliphatic rings. The highest BCUT2D eigenvalue weighted by molar-refractivity contribution is 6.11. The lowest BCUT2D eigenvalue weighted by atomic mass is 9.91. The Morgan fingerprint density at radius 1 is 1.14 bits per heavy atom. The number of nitrogens with zero attached hydrogens (tertiary/aromatic N) is 2. The van der Waals surface area contributed by atoms with Crippen molar-refractivity contribution in [2.24, 2.45) is 0 Å². The molecule has 1 aromatic carbocycles. The van der Waals surface area contributed by atoms with Gasteiger partial charge in [-0.1, -0.05) is 29.8 Å². The summed E-state index contributed by atoms with van der Waals surface area (Å²) < 4.78 is 7.12. The van der Waals surface area contributed by atoms with E-state index >= 15 is 0 Å². The van der Waals surface area contributed by atoms with Crippen LogP contribution in [-0.4, -0.2) is 47.4 Å². The summed E-state index contributed by atoms with van der Waals surface area (Å²) >= 11 is 0. The number of methoxy groups -OCH3 is 1. The van der Waals surface area contributed by atoms with Gasteiger partial charge in [-0.25, -0.2) is 4.79 Å². The normalized spacial score (nSPS) is 19.0. The van der Waals surface area contributed by atoms with Crippen LogP contribution in [0.25, 0.3) is 0 Å². The molecular weight excluding hydrogens is 370 g/mol. The topological polar surface area (TPSA) is 80.6 Å². The van der Waals surface area contributed by atoms with E-state index in [-0.39, 0.29) is 12.3 Å². The van der Waals surface area contributed by atoms with E-state index in [2.05, 4.69) is 5.32 Å². The van der Waals surface area contributed by atoms with Crippen LogP contribution in [0.2, 0.25) is 0 Å². The maximum Gasteiger partial charge on any atom is 0.325 e. The van der Waals surface area contributed by atoms with Crippen molar-refractivity contribution in [1.82, 2.24) is 14.8 Å². The van der Waals surface area contributed by atoms with E-state index in [0.29, 0.717) is 24.3 Å². The van der Waals surface area contributed by atoms with Gasteiger partial charge in [-0.3, -0.25) is 14.5 Å². The zero-order valence-corrected chi connectivity index (χ0v) is 17.5. The van der Waals surface area contributed by atoms with Crippen LogP contribution in [0.3, 0.4) is 0 Å². The first-order valence-corrected chi connectivity index (χ1v) is 9.59. The SMILES string of the molecule is COCCn1c(C)cc(C(=O)CN2C(=O)NC(C)(c3ccc(C)cc3)C2=O)c1C. The summed E-state index contributed by atoms with van der Waals surface area (Å²) in [5.41, 5.74) is 2.82. The molecule has 0 aliphatic carbocycles. The van der Waals surface area contributed by atoms with Crippen molar-refractivity contribution in [1.29, 1.82) is 0 Å². The number of urea groups is 1. The van der Waals surface area contributed by atoms with E-state index in [1.165, 1.54) is 0 Å². The number of rotatable bonds is 7. The fourth-order valence-electron chi connectivity index (χ4n) is 3.76. The van der Waals surface area contributed by atoms with E-state index in [4.69, 9.17) is 4.74 Å². The summed E-state index contributed by atoms with van der Waals surface area (Å²) in [6.07, 6.45) is 0. The van der Waals surface area contributed by atoms with Crippen LogP contribution in [0.1, 0.15) is 39.8 Å². The van der Waals surface area contributed by atoms with Crippen molar-refractivity contribution < 1.29 is 19.1 Å². The molecule has 1 fully saturated rings. The first kappa shape index (κ1) is 20.8. The first-order chi connectivity index (χ1) is 13.7. The number of hydrogen-bond acceptors (Lipinski definition) is 4. The summed E-state index contributed by atoms with van der Waals surface area (Å²) in [7, 11) is 1.63. The zero-order chi connectivity index (χ0) is 21.3. The monoisotopic (exact) mass is 397 g/mol. The third-order valence-corrected chi connectivity index (χ3v) is 5.60. The number of Topliss-reactive ketones (excluding diaryl/α,β-unsaturated/α-hetero) is 1. The number of carbonyl (C=O) groups excluding carboxylic acids is 3. The minimum atomic E-state index is -1.18. The molecule has 1 N–H and O–H groups in total. The van der Waals surface area contributed by atoms with Crippen molar-refractivity contribution in [3.05, 3.63) is 58.4 Å². The Bertz CT molecular complexity index is 961. The summed E-state index contributed by atoms with van der Waals surface area (Å²) in [6.45, 7) is 8.27. The van der Waals surface area contributed by atoms with Crippen molar-refractivity contribution in [2.45, 2.75) is 39.8 Å². The molecule has 3 amide bonds. The van der Waals surface area contributed by atoms with Crippen molar-refractivity contribution in [3.8, 4) is 0 Å². The van der Waals surface area contributed by atoms with Gasteiger partial charge in [-0.15, -0.1) is 0 Å². The van der Waals surface area contributed by atoms with Crippen LogP contribution in [0.5, 0.6) is 0 Å². The van der Waals surface area contributed by atoms with Gasteiger partial charge in [0.1, 0.15) is 5.54 Å². The molecule has 7 nitrogen and oxygen atoms in total. The number of hydrogen-bond donors (Lipinski definition) is 1. The van der Waals surface area contributed by atoms with Crippen LogP contribution in [0.15, 0.2) is 30.3 Å². The number of ether oxygens (including phenoxy) is 1. The number of imide groups is 1. The number of aromatic nitrogens is 1. The average Bonchev–Trinajstić information content (AvgIpc) is 3.08. The Morgan fingerprint density at radius 3 is 2.41 bits per heavy atom. The van der Waals surface area contributed by atoms with Gasteiger partial charge in [-0.05, 0) is 39.3 Å². The minimum Gasteiger partial charge on any atom is -0.383 e. The van der Waals surface area contributed by atoms with Gasteiger partial charge >= 0.3 is 6.03 Å². The number of benzene rings is 1. The number of ketones is 1. The molecule has 3 rings (SSSR count). The maximum absolute atomic E-state index is 13.1. The van der Waals surface area contributed by atoms with Gasteiger partial charge in [0, 0.05) is 30.6 Å². The largest absolute Gasteiger partial charge is 0.383 e. The third kappa shape index (κ3) is 3.70. The Labute approximate surface area is 170 Å². The van der Waals surface area contributed by atoms with E-state index in [1.54, 1.807) is 20.1 Å². The molecule has 0 spiro atoms. The molecule has 0 saturated carbocycles. The summed E-state index contributed by atoms with van der Waals surface area (Å²) in [5, 5.41) is 2.75. The molecule has 1 atom stereocenters.